The SMILES string of the molecule is CC(=O)O[C@H]1CCCC[C@@H]1N(C(=O)NCCCOc1ccc2[nH]c(=O)ccc2c1)C1CC1. The number of ether oxygens (including phenoxy) is 2. The van der Waals surface area contributed by atoms with Crippen LogP contribution in [0.5, 0.6) is 5.75 Å². The first-order valence-electron chi connectivity index (χ1n) is 11.5. The molecule has 4 rings (SSSR count). The topological polar surface area (TPSA) is 101 Å². The van der Waals surface area contributed by atoms with Crippen LogP contribution in [0.4, 0.5) is 4.79 Å². The fraction of sp³-hybridized carbons (Fsp3) is 0.542. The summed E-state index contributed by atoms with van der Waals surface area (Å²) >= 11 is 0. The van der Waals surface area contributed by atoms with Crippen LogP contribution in [0.3, 0.4) is 0 Å². The van der Waals surface area contributed by atoms with Crippen molar-refractivity contribution in [2.24, 2.45) is 0 Å². The average Bonchev–Trinajstić information content (AvgIpc) is 3.59. The summed E-state index contributed by atoms with van der Waals surface area (Å²) in [5.41, 5.74) is 0.640. The molecule has 1 aromatic heterocycles. The summed E-state index contributed by atoms with van der Waals surface area (Å²) in [4.78, 5) is 40.6. The van der Waals surface area contributed by atoms with Gasteiger partial charge in [0.1, 0.15) is 11.9 Å². The van der Waals surface area contributed by atoms with E-state index in [1.165, 1.54) is 13.0 Å². The van der Waals surface area contributed by atoms with Crippen molar-refractivity contribution < 1.29 is 19.1 Å². The molecule has 2 atom stereocenters. The second-order valence-corrected chi connectivity index (χ2v) is 8.64. The van der Waals surface area contributed by atoms with Gasteiger partial charge in [0.15, 0.2) is 0 Å². The Kier molecular flexibility index (Phi) is 6.97. The largest absolute Gasteiger partial charge is 0.494 e. The van der Waals surface area contributed by atoms with Gasteiger partial charge in [-0.15, -0.1) is 0 Å². The normalized spacial score (nSPS) is 20.5. The van der Waals surface area contributed by atoms with Crippen molar-refractivity contribution >= 4 is 22.9 Å². The fourth-order valence-corrected chi connectivity index (χ4v) is 4.46. The summed E-state index contributed by atoms with van der Waals surface area (Å²) in [6.07, 6.45) is 6.24. The van der Waals surface area contributed by atoms with Gasteiger partial charge < -0.3 is 24.7 Å². The molecule has 0 unspecified atom stereocenters. The number of benzene rings is 1. The number of carbonyl (C=O) groups excluding carboxylic acids is 2. The summed E-state index contributed by atoms with van der Waals surface area (Å²) < 4.78 is 11.4. The third-order valence-electron chi connectivity index (χ3n) is 6.08. The van der Waals surface area contributed by atoms with Gasteiger partial charge in [-0.2, -0.15) is 0 Å². The maximum absolute atomic E-state index is 13.0. The number of aromatic nitrogens is 1. The first-order chi connectivity index (χ1) is 15.5. The lowest BCUT2D eigenvalue weighted by Gasteiger charge is -2.39. The molecule has 0 saturated heterocycles. The van der Waals surface area contributed by atoms with Crippen molar-refractivity contribution in [1.29, 1.82) is 0 Å². The number of rotatable bonds is 8. The van der Waals surface area contributed by atoms with Gasteiger partial charge in [0, 0.05) is 36.5 Å². The van der Waals surface area contributed by atoms with Crippen molar-refractivity contribution in [2.45, 2.75) is 70.1 Å². The maximum atomic E-state index is 13.0. The number of nitrogens with zero attached hydrogens (tertiary/aromatic N) is 1. The number of hydrogen-bond donors (Lipinski definition) is 2. The van der Waals surface area contributed by atoms with Gasteiger partial charge in [-0.3, -0.25) is 9.59 Å². The van der Waals surface area contributed by atoms with E-state index in [1.807, 2.05) is 23.1 Å². The number of amides is 2. The zero-order chi connectivity index (χ0) is 22.5. The summed E-state index contributed by atoms with van der Waals surface area (Å²) in [7, 11) is 0. The smallest absolute Gasteiger partial charge is 0.318 e. The van der Waals surface area contributed by atoms with Gasteiger partial charge in [-0.25, -0.2) is 4.79 Å². The summed E-state index contributed by atoms with van der Waals surface area (Å²) in [6, 6.07) is 8.92. The lowest BCUT2D eigenvalue weighted by molar-refractivity contribution is -0.151. The Morgan fingerprint density at radius 1 is 1.12 bits per heavy atom. The molecule has 2 fully saturated rings. The number of H-pyrrole nitrogens is 1. The third kappa shape index (κ3) is 5.60. The number of carbonyl (C=O) groups is 2. The number of aromatic amines is 1. The Labute approximate surface area is 187 Å². The monoisotopic (exact) mass is 441 g/mol. The molecular formula is C24H31N3O5. The summed E-state index contributed by atoms with van der Waals surface area (Å²) in [5, 5.41) is 3.93. The quantitative estimate of drug-likeness (QED) is 0.483. The van der Waals surface area contributed by atoms with Crippen LogP contribution in [0.15, 0.2) is 35.1 Å². The molecule has 1 heterocycles. The van der Waals surface area contributed by atoms with Crippen LogP contribution in [0, 0.1) is 0 Å². The van der Waals surface area contributed by atoms with Gasteiger partial charge in [0.2, 0.25) is 5.56 Å². The van der Waals surface area contributed by atoms with E-state index in [1.54, 1.807) is 6.07 Å². The van der Waals surface area contributed by atoms with Gasteiger partial charge in [-0.05, 0) is 62.8 Å². The Morgan fingerprint density at radius 3 is 2.72 bits per heavy atom. The van der Waals surface area contributed by atoms with Crippen molar-refractivity contribution in [3.63, 3.8) is 0 Å². The van der Waals surface area contributed by atoms with E-state index < -0.39 is 0 Å². The Bertz CT molecular complexity index is 1020. The third-order valence-corrected chi connectivity index (χ3v) is 6.08. The highest BCUT2D eigenvalue weighted by molar-refractivity contribution is 5.79. The molecule has 1 aromatic carbocycles. The number of fused-ring (bicyclic) bond motifs is 1. The molecule has 172 valence electrons. The summed E-state index contributed by atoms with van der Waals surface area (Å²) in [5.74, 6) is 0.442. The molecule has 2 N–H and O–H groups in total. The van der Waals surface area contributed by atoms with Crippen molar-refractivity contribution in [3.05, 3.63) is 40.7 Å². The fourth-order valence-electron chi connectivity index (χ4n) is 4.46. The molecule has 0 bridgehead atoms. The van der Waals surface area contributed by atoms with E-state index in [-0.39, 0.29) is 35.7 Å². The maximum Gasteiger partial charge on any atom is 0.318 e. The molecule has 2 aliphatic rings. The van der Waals surface area contributed by atoms with Crippen molar-refractivity contribution in [2.75, 3.05) is 13.2 Å². The lowest BCUT2D eigenvalue weighted by atomic mass is 9.91. The van der Waals surface area contributed by atoms with Gasteiger partial charge in [0.25, 0.3) is 0 Å². The van der Waals surface area contributed by atoms with E-state index in [0.717, 1.165) is 55.2 Å². The molecule has 2 aromatic rings. The first-order valence-corrected chi connectivity index (χ1v) is 11.5. The molecule has 0 aliphatic heterocycles. The molecule has 32 heavy (non-hydrogen) atoms. The highest BCUT2D eigenvalue weighted by Crippen LogP contribution is 2.35. The van der Waals surface area contributed by atoms with E-state index in [9.17, 15) is 14.4 Å². The van der Waals surface area contributed by atoms with Crippen molar-refractivity contribution in [3.8, 4) is 5.75 Å². The molecule has 8 nitrogen and oxygen atoms in total. The zero-order valence-electron chi connectivity index (χ0n) is 18.5. The molecule has 2 saturated carbocycles. The second-order valence-electron chi connectivity index (χ2n) is 8.64. The Balaban J connectivity index is 1.26. The van der Waals surface area contributed by atoms with Crippen LogP contribution in [0.2, 0.25) is 0 Å². The van der Waals surface area contributed by atoms with E-state index in [2.05, 4.69) is 10.3 Å². The number of urea groups is 1. The standard InChI is InChI=1S/C24H31N3O5/c1-16(28)32-22-6-3-2-5-21(22)27(18-8-9-18)24(30)25-13-4-14-31-19-10-11-20-17(15-19)7-12-23(29)26-20/h7,10-12,15,18,21-22H,2-6,8-9,13-14H2,1H3,(H,25,30)(H,26,29)/t21-,22-/m0/s1. The molecule has 2 aliphatic carbocycles. The molecule has 0 spiro atoms. The van der Waals surface area contributed by atoms with Crippen LogP contribution in [-0.2, 0) is 9.53 Å². The predicted molar refractivity (Wildman–Crippen MR) is 121 cm³/mol. The van der Waals surface area contributed by atoms with Crippen LogP contribution < -0.4 is 15.6 Å². The van der Waals surface area contributed by atoms with Crippen molar-refractivity contribution in [1.82, 2.24) is 15.2 Å². The number of pyridine rings is 1. The van der Waals surface area contributed by atoms with Crippen LogP contribution in [0.25, 0.3) is 10.9 Å². The Morgan fingerprint density at radius 2 is 1.94 bits per heavy atom. The second kappa shape index (κ2) is 10.1. The Hall–Kier alpha value is -3.03. The van der Waals surface area contributed by atoms with Crippen LogP contribution >= 0.6 is 0 Å². The van der Waals surface area contributed by atoms with Gasteiger partial charge in [0.05, 0.1) is 12.6 Å². The summed E-state index contributed by atoms with van der Waals surface area (Å²) in [6.45, 7) is 2.41. The molecular weight excluding hydrogens is 410 g/mol. The molecule has 8 heteroatoms. The molecule has 2 amide bonds. The van der Waals surface area contributed by atoms with Crippen LogP contribution in [0.1, 0.15) is 51.9 Å². The molecule has 0 radical (unpaired) electrons. The minimum absolute atomic E-state index is 0.0413. The highest BCUT2D eigenvalue weighted by atomic mass is 16.5. The van der Waals surface area contributed by atoms with Crippen LogP contribution in [-0.4, -0.2) is 53.2 Å². The minimum Gasteiger partial charge on any atom is -0.494 e. The first kappa shape index (κ1) is 22.2. The number of hydrogen-bond acceptors (Lipinski definition) is 5. The highest BCUT2D eigenvalue weighted by Gasteiger charge is 2.42. The van der Waals surface area contributed by atoms with E-state index in [4.69, 9.17) is 9.47 Å². The van der Waals surface area contributed by atoms with E-state index in [0.29, 0.717) is 19.6 Å². The predicted octanol–water partition coefficient (Wildman–Crippen LogP) is 3.35. The van der Waals surface area contributed by atoms with E-state index >= 15 is 0 Å². The number of nitrogens with one attached hydrogen (secondary N) is 2. The average molecular weight is 442 g/mol. The minimum atomic E-state index is -0.282. The number of esters is 1. The van der Waals surface area contributed by atoms with Gasteiger partial charge >= 0.3 is 12.0 Å². The van der Waals surface area contributed by atoms with Gasteiger partial charge in [-0.1, -0.05) is 6.42 Å². The lowest BCUT2D eigenvalue weighted by Crippen LogP contribution is -2.54. The zero-order valence-corrected chi connectivity index (χ0v) is 18.5.